The summed E-state index contributed by atoms with van der Waals surface area (Å²) in [4.78, 5) is 12.8. The van der Waals surface area contributed by atoms with Gasteiger partial charge in [-0.3, -0.25) is 9.69 Å². The second-order valence-corrected chi connectivity index (χ2v) is 4.93. The van der Waals surface area contributed by atoms with Crippen LogP contribution in [-0.4, -0.2) is 42.8 Å². The van der Waals surface area contributed by atoms with Gasteiger partial charge >= 0.3 is 5.97 Å². The molecule has 20 heavy (non-hydrogen) atoms. The third kappa shape index (κ3) is 5.09. The van der Waals surface area contributed by atoms with Crippen molar-refractivity contribution in [3.05, 3.63) is 23.8 Å². The van der Waals surface area contributed by atoms with Crippen LogP contribution in [0.3, 0.4) is 0 Å². The third-order valence-electron chi connectivity index (χ3n) is 3.14. The monoisotopic (exact) mass is 281 g/mol. The maximum absolute atomic E-state index is 10.7. The summed E-state index contributed by atoms with van der Waals surface area (Å²) in [5.41, 5.74) is 1.04. The topological polar surface area (TPSA) is 59.0 Å². The lowest BCUT2D eigenvalue weighted by molar-refractivity contribution is -0.137. The molecule has 0 radical (unpaired) electrons. The molecule has 0 bridgehead atoms. The predicted molar refractivity (Wildman–Crippen MR) is 77.3 cm³/mol. The number of carboxylic acid groups (broad SMARTS) is 1. The second kappa shape index (κ2) is 7.75. The minimum atomic E-state index is -0.779. The van der Waals surface area contributed by atoms with Crippen molar-refractivity contribution < 1.29 is 19.4 Å². The summed E-state index contributed by atoms with van der Waals surface area (Å²) in [6, 6.07) is 5.98. The zero-order chi connectivity index (χ0) is 15.1. The first-order valence-electron chi connectivity index (χ1n) is 6.64. The van der Waals surface area contributed by atoms with E-state index in [1.807, 2.05) is 18.2 Å². The van der Waals surface area contributed by atoms with Crippen LogP contribution in [0, 0.1) is 0 Å². The summed E-state index contributed by atoms with van der Waals surface area (Å²) in [5.74, 6) is 0.696. The Balaban J connectivity index is 2.84. The summed E-state index contributed by atoms with van der Waals surface area (Å²) in [6.07, 6.45) is 0.138. The van der Waals surface area contributed by atoms with E-state index in [1.165, 1.54) is 0 Å². The van der Waals surface area contributed by atoms with Crippen LogP contribution in [0.5, 0.6) is 11.5 Å². The largest absolute Gasteiger partial charge is 0.497 e. The minimum Gasteiger partial charge on any atom is -0.497 e. The Labute approximate surface area is 120 Å². The maximum atomic E-state index is 10.7. The fourth-order valence-corrected chi connectivity index (χ4v) is 1.95. The number of hydrogen-bond acceptors (Lipinski definition) is 4. The van der Waals surface area contributed by atoms with Gasteiger partial charge in [-0.1, -0.05) is 0 Å². The highest BCUT2D eigenvalue weighted by atomic mass is 16.5. The zero-order valence-corrected chi connectivity index (χ0v) is 12.5. The van der Waals surface area contributed by atoms with Crippen molar-refractivity contribution in [1.82, 2.24) is 4.90 Å². The molecule has 0 unspecified atom stereocenters. The van der Waals surface area contributed by atoms with E-state index in [0.29, 0.717) is 13.1 Å². The van der Waals surface area contributed by atoms with Crippen LogP contribution < -0.4 is 9.47 Å². The molecule has 112 valence electrons. The smallest absolute Gasteiger partial charge is 0.304 e. The van der Waals surface area contributed by atoms with Gasteiger partial charge in [0.15, 0.2) is 0 Å². The molecule has 1 aromatic rings. The van der Waals surface area contributed by atoms with E-state index < -0.39 is 5.97 Å². The first-order chi connectivity index (χ1) is 9.46. The van der Waals surface area contributed by atoms with Gasteiger partial charge in [-0.05, 0) is 31.5 Å². The lowest BCUT2D eigenvalue weighted by Crippen LogP contribution is -2.32. The molecule has 0 saturated heterocycles. The van der Waals surface area contributed by atoms with Gasteiger partial charge in [-0.15, -0.1) is 0 Å². The van der Waals surface area contributed by atoms with E-state index in [4.69, 9.17) is 14.6 Å². The van der Waals surface area contributed by atoms with Gasteiger partial charge in [0, 0.05) is 25.2 Å². The lowest BCUT2D eigenvalue weighted by Gasteiger charge is -2.26. The van der Waals surface area contributed by atoms with Crippen LogP contribution >= 0.6 is 0 Å². The van der Waals surface area contributed by atoms with E-state index in [9.17, 15) is 4.79 Å². The molecule has 0 aromatic heterocycles. The highest BCUT2D eigenvalue weighted by Gasteiger charge is 2.13. The summed E-state index contributed by atoms with van der Waals surface area (Å²) in [5, 5.41) is 8.81. The van der Waals surface area contributed by atoms with Gasteiger partial charge in [-0.25, -0.2) is 0 Å². The van der Waals surface area contributed by atoms with E-state index in [0.717, 1.165) is 17.1 Å². The van der Waals surface area contributed by atoms with Gasteiger partial charge in [0.25, 0.3) is 0 Å². The highest BCUT2D eigenvalue weighted by molar-refractivity contribution is 5.66. The average molecular weight is 281 g/mol. The fourth-order valence-electron chi connectivity index (χ4n) is 1.95. The predicted octanol–water partition coefficient (Wildman–Crippen LogP) is 2.39. The van der Waals surface area contributed by atoms with Crippen LogP contribution in [0.2, 0.25) is 0 Å². The number of rotatable bonds is 8. The van der Waals surface area contributed by atoms with Gasteiger partial charge in [0.05, 0.1) is 20.6 Å². The molecule has 0 aliphatic rings. The number of hydrogen-bond donors (Lipinski definition) is 1. The molecule has 1 aromatic carbocycles. The number of carbonyl (C=O) groups is 1. The lowest BCUT2D eigenvalue weighted by atomic mass is 10.1. The normalized spacial score (nSPS) is 10.9. The first-order valence-corrected chi connectivity index (χ1v) is 6.64. The summed E-state index contributed by atoms with van der Waals surface area (Å²) in [6.45, 7) is 5.30. The molecular formula is C15H23NO4. The van der Waals surface area contributed by atoms with Crippen molar-refractivity contribution in [1.29, 1.82) is 0 Å². The Bertz CT molecular complexity index is 423. The molecule has 0 aliphatic heterocycles. The van der Waals surface area contributed by atoms with E-state index in [1.54, 1.807) is 14.2 Å². The molecule has 1 rings (SSSR count). The van der Waals surface area contributed by atoms with Gasteiger partial charge in [0.2, 0.25) is 0 Å². The Morgan fingerprint density at radius 2 is 1.75 bits per heavy atom. The fraction of sp³-hybridized carbons (Fsp3) is 0.533. The maximum Gasteiger partial charge on any atom is 0.304 e. The quantitative estimate of drug-likeness (QED) is 0.793. The van der Waals surface area contributed by atoms with Crippen LogP contribution in [0.4, 0.5) is 0 Å². The molecule has 0 amide bonds. The number of methoxy groups -OCH3 is 2. The number of nitrogens with zero attached hydrogens (tertiary/aromatic N) is 1. The Morgan fingerprint density at radius 3 is 2.15 bits per heavy atom. The standard InChI is InChI=1S/C15H23NO4/c1-11(2)16(6-5-15(17)18)10-12-7-13(19-3)9-14(8-12)20-4/h7-9,11H,5-6,10H2,1-4H3,(H,17,18). The van der Waals surface area contributed by atoms with Crippen molar-refractivity contribution in [2.24, 2.45) is 0 Å². The molecule has 1 N–H and O–H groups in total. The van der Waals surface area contributed by atoms with Crippen LogP contribution in [0.25, 0.3) is 0 Å². The van der Waals surface area contributed by atoms with Crippen molar-refractivity contribution >= 4 is 5.97 Å². The molecule has 0 saturated carbocycles. The van der Waals surface area contributed by atoms with Crippen LogP contribution in [-0.2, 0) is 11.3 Å². The highest BCUT2D eigenvalue weighted by Crippen LogP contribution is 2.23. The van der Waals surface area contributed by atoms with Gasteiger partial charge in [-0.2, -0.15) is 0 Å². The molecule has 0 fully saturated rings. The molecule has 5 nitrogen and oxygen atoms in total. The van der Waals surface area contributed by atoms with E-state index in [2.05, 4.69) is 18.7 Å². The Hall–Kier alpha value is -1.75. The van der Waals surface area contributed by atoms with Crippen LogP contribution in [0.1, 0.15) is 25.8 Å². The van der Waals surface area contributed by atoms with Crippen molar-refractivity contribution in [3.63, 3.8) is 0 Å². The van der Waals surface area contributed by atoms with Gasteiger partial charge in [0.1, 0.15) is 11.5 Å². The third-order valence-corrected chi connectivity index (χ3v) is 3.14. The van der Waals surface area contributed by atoms with E-state index in [-0.39, 0.29) is 12.5 Å². The summed E-state index contributed by atoms with van der Waals surface area (Å²) in [7, 11) is 3.23. The molecule has 5 heteroatoms. The number of ether oxygens (including phenoxy) is 2. The first kappa shape index (κ1) is 16.3. The number of benzene rings is 1. The average Bonchev–Trinajstić information content (AvgIpc) is 2.42. The Morgan fingerprint density at radius 1 is 1.20 bits per heavy atom. The number of aliphatic carboxylic acids is 1. The zero-order valence-electron chi connectivity index (χ0n) is 12.5. The molecule has 0 atom stereocenters. The summed E-state index contributed by atoms with van der Waals surface area (Å²) >= 11 is 0. The SMILES string of the molecule is COc1cc(CN(CCC(=O)O)C(C)C)cc(OC)c1. The van der Waals surface area contributed by atoms with E-state index >= 15 is 0 Å². The molecular weight excluding hydrogens is 258 g/mol. The van der Waals surface area contributed by atoms with Gasteiger partial charge < -0.3 is 14.6 Å². The number of carboxylic acids is 1. The molecule has 0 aliphatic carbocycles. The molecule has 0 spiro atoms. The minimum absolute atomic E-state index is 0.138. The van der Waals surface area contributed by atoms with Crippen molar-refractivity contribution in [2.45, 2.75) is 32.9 Å². The Kier molecular flexibility index (Phi) is 6.31. The summed E-state index contributed by atoms with van der Waals surface area (Å²) < 4.78 is 10.5. The van der Waals surface area contributed by atoms with Crippen molar-refractivity contribution in [3.8, 4) is 11.5 Å². The van der Waals surface area contributed by atoms with Crippen LogP contribution in [0.15, 0.2) is 18.2 Å². The molecule has 0 heterocycles. The second-order valence-electron chi connectivity index (χ2n) is 4.93. The van der Waals surface area contributed by atoms with Crippen molar-refractivity contribution in [2.75, 3.05) is 20.8 Å².